The van der Waals surface area contributed by atoms with Gasteiger partial charge in [0.25, 0.3) is 0 Å². The number of aromatic nitrogens is 2. The van der Waals surface area contributed by atoms with Gasteiger partial charge in [0, 0.05) is 12.1 Å². The fourth-order valence-corrected chi connectivity index (χ4v) is 2.16. The van der Waals surface area contributed by atoms with Crippen LogP contribution in [0.2, 0.25) is 0 Å². The molecule has 6 heteroatoms. The van der Waals surface area contributed by atoms with Gasteiger partial charge in [-0.1, -0.05) is 17.3 Å². The van der Waals surface area contributed by atoms with E-state index in [2.05, 4.69) is 15.5 Å². The maximum atomic E-state index is 9.48. The number of benzene rings is 1. The minimum atomic E-state index is -0.350. The molecule has 0 amide bonds. The fraction of sp³-hybridized carbons (Fsp3) is 0.385. The van der Waals surface area contributed by atoms with Crippen LogP contribution in [0.4, 0.5) is 0 Å². The molecule has 1 aromatic heterocycles. The van der Waals surface area contributed by atoms with E-state index in [0.29, 0.717) is 24.7 Å². The molecule has 1 fully saturated rings. The highest BCUT2D eigenvalue weighted by Crippen LogP contribution is 2.26. The molecule has 6 nitrogen and oxygen atoms in total. The first-order chi connectivity index (χ1) is 9.26. The number of β-amino-alcohol motifs (C(OH)–C–C–N with tert-alkyl or cyclic N) is 1. The van der Waals surface area contributed by atoms with E-state index < -0.39 is 0 Å². The van der Waals surface area contributed by atoms with Crippen LogP contribution in [0.25, 0.3) is 11.4 Å². The van der Waals surface area contributed by atoms with Crippen molar-refractivity contribution >= 4 is 0 Å². The quantitative estimate of drug-likeness (QED) is 0.862. The molecular weight excluding hydrogens is 246 g/mol. The standard InChI is InChI=1S/C13H15N3O3/c1-18-10-4-2-3-8(5-10)12-15-13(19-16-12)11-6-9(17)7-14-11/h2-5,9,11,14,17H,6-7H2,1H3/t9-,11+/m0/s1. The Hall–Kier alpha value is -1.92. The maximum absolute atomic E-state index is 9.48. The van der Waals surface area contributed by atoms with E-state index in [1.54, 1.807) is 7.11 Å². The molecule has 0 aliphatic carbocycles. The third-order valence-electron chi connectivity index (χ3n) is 3.18. The highest BCUT2D eigenvalue weighted by atomic mass is 16.5. The van der Waals surface area contributed by atoms with Gasteiger partial charge >= 0.3 is 0 Å². The zero-order valence-corrected chi connectivity index (χ0v) is 10.5. The third-order valence-corrected chi connectivity index (χ3v) is 3.18. The zero-order valence-electron chi connectivity index (χ0n) is 10.5. The molecule has 0 unspecified atom stereocenters. The van der Waals surface area contributed by atoms with Gasteiger partial charge in [0.05, 0.1) is 19.3 Å². The number of ether oxygens (including phenoxy) is 1. The summed E-state index contributed by atoms with van der Waals surface area (Å²) in [5.74, 6) is 1.78. The molecule has 0 radical (unpaired) electrons. The second-order valence-corrected chi connectivity index (χ2v) is 4.54. The van der Waals surface area contributed by atoms with Crippen molar-refractivity contribution < 1.29 is 14.4 Å². The molecule has 0 saturated carbocycles. The van der Waals surface area contributed by atoms with Crippen LogP contribution in [0.3, 0.4) is 0 Å². The summed E-state index contributed by atoms with van der Waals surface area (Å²) < 4.78 is 10.4. The van der Waals surface area contributed by atoms with E-state index >= 15 is 0 Å². The average Bonchev–Trinajstić information content (AvgIpc) is 3.07. The van der Waals surface area contributed by atoms with E-state index in [1.165, 1.54) is 0 Å². The van der Waals surface area contributed by atoms with Crippen molar-refractivity contribution in [3.8, 4) is 17.1 Å². The van der Waals surface area contributed by atoms with E-state index in [0.717, 1.165) is 11.3 Å². The van der Waals surface area contributed by atoms with E-state index in [4.69, 9.17) is 9.26 Å². The lowest BCUT2D eigenvalue weighted by Crippen LogP contribution is -2.15. The lowest BCUT2D eigenvalue weighted by atomic mass is 10.2. The summed E-state index contributed by atoms with van der Waals surface area (Å²) in [6.45, 7) is 0.557. The van der Waals surface area contributed by atoms with E-state index in [9.17, 15) is 5.11 Å². The van der Waals surface area contributed by atoms with Crippen LogP contribution in [0, 0.1) is 0 Å². The number of aliphatic hydroxyl groups excluding tert-OH is 1. The topological polar surface area (TPSA) is 80.4 Å². The van der Waals surface area contributed by atoms with E-state index in [-0.39, 0.29) is 12.1 Å². The SMILES string of the molecule is COc1cccc(-c2noc([C@H]3C[C@H](O)CN3)n2)c1. The molecule has 1 aromatic carbocycles. The molecule has 2 aromatic rings. The minimum Gasteiger partial charge on any atom is -0.497 e. The third kappa shape index (κ3) is 2.45. The zero-order chi connectivity index (χ0) is 13.2. The summed E-state index contributed by atoms with van der Waals surface area (Å²) in [4.78, 5) is 4.37. The van der Waals surface area contributed by atoms with Gasteiger partial charge < -0.3 is 19.7 Å². The predicted molar refractivity (Wildman–Crippen MR) is 67.7 cm³/mol. The van der Waals surface area contributed by atoms with Gasteiger partial charge in [-0.05, 0) is 18.6 Å². The molecule has 2 N–H and O–H groups in total. The van der Waals surface area contributed by atoms with Gasteiger partial charge in [-0.15, -0.1) is 0 Å². The first-order valence-electron chi connectivity index (χ1n) is 6.16. The molecule has 1 aliphatic heterocycles. The van der Waals surface area contributed by atoms with Gasteiger partial charge in [0.15, 0.2) is 0 Å². The lowest BCUT2D eigenvalue weighted by Gasteiger charge is -2.02. The van der Waals surface area contributed by atoms with Crippen molar-refractivity contribution in [2.75, 3.05) is 13.7 Å². The molecule has 1 saturated heterocycles. The largest absolute Gasteiger partial charge is 0.497 e. The Morgan fingerprint density at radius 2 is 2.37 bits per heavy atom. The van der Waals surface area contributed by atoms with Crippen LogP contribution in [0.1, 0.15) is 18.4 Å². The maximum Gasteiger partial charge on any atom is 0.244 e. The summed E-state index contributed by atoms with van der Waals surface area (Å²) in [7, 11) is 1.62. The number of hydrogen-bond acceptors (Lipinski definition) is 6. The Morgan fingerprint density at radius 3 is 3.11 bits per heavy atom. The number of methoxy groups -OCH3 is 1. The number of nitrogens with zero attached hydrogens (tertiary/aromatic N) is 2. The number of rotatable bonds is 3. The molecule has 2 heterocycles. The molecule has 19 heavy (non-hydrogen) atoms. The summed E-state index contributed by atoms with van der Waals surface area (Å²) in [6, 6.07) is 7.42. The summed E-state index contributed by atoms with van der Waals surface area (Å²) in [6.07, 6.45) is 0.247. The van der Waals surface area contributed by atoms with Crippen LogP contribution in [0.15, 0.2) is 28.8 Å². The highest BCUT2D eigenvalue weighted by molar-refractivity contribution is 5.56. The van der Waals surface area contributed by atoms with Crippen LogP contribution >= 0.6 is 0 Å². The van der Waals surface area contributed by atoms with Crippen molar-refractivity contribution in [2.24, 2.45) is 0 Å². The normalized spacial score (nSPS) is 22.6. The Bertz CT molecular complexity index is 570. The Kier molecular flexibility index (Phi) is 3.18. The molecule has 100 valence electrons. The van der Waals surface area contributed by atoms with Crippen LogP contribution in [-0.2, 0) is 0 Å². The molecule has 0 bridgehead atoms. The Labute approximate surface area is 110 Å². The first kappa shape index (κ1) is 12.1. The van der Waals surface area contributed by atoms with E-state index in [1.807, 2.05) is 24.3 Å². The number of nitrogens with one attached hydrogen (secondary N) is 1. The molecule has 1 aliphatic rings. The van der Waals surface area contributed by atoms with Gasteiger partial charge in [-0.3, -0.25) is 0 Å². The fourth-order valence-electron chi connectivity index (χ4n) is 2.16. The monoisotopic (exact) mass is 261 g/mol. The Morgan fingerprint density at radius 1 is 1.47 bits per heavy atom. The predicted octanol–water partition coefficient (Wildman–Crippen LogP) is 1.14. The van der Waals surface area contributed by atoms with Gasteiger partial charge in [0.1, 0.15) is 5.75 Å². The Balaban J connectivity index is 1.84. The van der Waals surface area contributed by atoms with Crippen LogP contribution < -0.4 is 10.1 Å². The second-order valence-electron chi connectivity index (χ2n) is 4.54. The summed E-state index contributed by atoms with van der Waals surface area (Å²) in [5.41, 5.74) is 0.841. The van der Waals surface area contributed by atoms with Gasteiger partial charge in [-0.25, -0.2) is 0 Å². The van der Waals surface area contributed by atoms with Crippen molar-refractivity contribution in [1.82, 2.24) is 15.5 Å². The average molecular weight is 261 g/mol. The minimum absolute atomic E-state index is 0.0677. The highest BCUT2D eigenvalue weighted by Gasteiger charge is 2.28. The molecular formula is C13H15N3O3. The summed E-state index contributed by atoms with van der Waals surface area (Å²) in [5, 5.41) is 16.6. The molecule has 0 spiro atoms. The van der Waals surface area contributed by atoms with Crippen LogP contribution in [-0.4, -0.2) is 35.0 Å². The van der Waals surface area contributed by atoms with Crippen LogP contribution in [0.5, 0.6) is 5.75 Å². The second kappa shape index (κ2) is 4.99. The van der Waals surface area contributed by atoms with Crippen molar-refractivity contribution in [2.45, 2.75) is 18.6 Å². The smallest absolute Gasteiger partial charge is 0.244 e. The first-order valence-corrected chi connectivity index (χ1v) is 6.16. The number of hydrogen-bond donors (Lipinski definition) is 2. The van der Waals surface area contributed by atoms with Crippen molar-refractivity contribution in [3.05, 3.63) is 30.2 Å². The summed E-state index contributed by atoms with van der Waals surface area (Å²) >= 11 is 0. The molecule has 3 rings (SSSR count). The van der Waals surface area contributed by atoms with Gasteiger partial charge in [0.2, 0.25) is 11.7 Å². The van der Waals surface area contributed by atoms with Crippen molar-refractivity contribution in [3.63, 3.8) is 0 Å². The number of aliphatic hydroxyl groups is 1. The molecule has 2 atom stereocenters. The van der Waals surface area contributed by atoms with Gasteiger partial charge in [-0.2, -0.15) is 4.98 Å². The lowest BCUT2D eigenvalue weighted by molar-refractivity contribution is 0.191. The van der Waals surface area contributed by atoms with Crippen molar-refractivity contribution in [1.29, 1.82) is 0 Å².